The van der Waals surface area contributed by atoms with Crippen LogP contribution < -0.4 is 5.73 Å². The zero-order valence-electron chi connectivity index (χ0n) is 15.4. The van der Waals surface area contributed by atoms with Crippen LogP contribution >= 0.6 is 15.9 Å². The molecule has 2 N–H and O–H groups in total. The molecular weight excluding hydrogens is 447 g/mol. The molecule has 29 heavy (non-hydrogen) atoms. The highest BCUT2D eigenvalue weighted by Crippen LogP contribution is 2.56. The molecule has 5 rings (SSSR count). The number of halogens is 4. The number of hydrogen-bond acceptors (Lipinski definition) is 4. The second-order valence-electron chi connectivity index (χ2n) is 8.03. The van der Waals surface area contributed by atoms with Crippen LogP contribution in [0.3, 0.4) is 0 Å². The predicted octanol–water partition coefficient (Wildman–Crippen LogP) is 4.45. The molecule has 1 aromatic heterocycles. The van der Waals surface area contributed by atoms with Gasteiger partial charge in [-0.3, -0.25) is 4.98 Å². The van der Waals surface area contributed by atoms with Crippen LogP contribution in [0.4, 0.5) is 13.2 Å². The van der Waals surface area contributed by atoms with Crippen LogP contribution in [-0.2, 0) is 23.1 Å². The second kappa shape index (κ2) is 6.72. The number of aliphatic imine (C=N–C) groups is 1. The lowest BCUT2D eigenvalue weighted by atomic mass is 9.83. The zero-order valence-corrected chi connectivity index (χ0v) is 17.0. The van der Waals surface area contributed by atoms with Crippen molar-refractivity contribution in [3.63, 3.8) is 0 Å². The van der Waals surface area contributed by atoms with Crippen molar-refractivity contribution in [3.05, 3.63) is 63.1 Å². The third-order valence-electron chi connectivity index (χ3n) is 6.26. The van der Waals surface area contributed by atoms with Gasteiger partial charge < -0.3 is 10.5 Å². The lowest BCUT2D eigenvalue weighted by Gasteiger charge is -2.33. The van der Waals surface area contributed by atoms with E-state index in [-0.39, 0.29) is 17.5 Å². The number of hydrogen-bond donors (Lipinski definition) is 1. The number of rotatable bonds is 4. The van der Waals surface area contributed by atoms with Crippen molar-refractivity contribution in [2.45, 2.75) is 49.7 Å². The van der Waals surface area contributed by atoms with Gasteiger partial charge in [0.05, 0.1) is 0 Å². The largest absolute Gasteiger partial charge is 0.462 e. The van der Waals surface area contributed by atoms with Crippen molar-refractivity contribution in [1.82, 2.24) is 4.98 Å². The minimum atomic E-state index is -2.88. The van der Waals surface area contributed by atoms with Crippen molar-refractivity contribution in [2.24, 2.45) is 16.6 Å². The molecular formula is C21H19BrF3N3O. The Hall–Kier alpha value is -2.09. The molecule has 0 spiro atoms. The summed E-state index contributed by atoms with van der Waals surface area (Å²) in [5, 5.41) is 0. The lowest BCUT2D eigenvalue weighted by Crippen LogP contribution is -2.43. The molecule has 1 fully saturated rings. The number of amidine groups is 1. The topological polar surface area (TPSA) is 60.5 Å². The van der Waals surface area contributed by atoms with E-state index in [1.165, 1.54) is 17.7 Å². The van der Waals surface area contributed by atoms with E-state index in [0.717, 1.165) is 28.6 Å². The average Bonchev–Trinajstić information content (AvgIpc) is 3.35. The van der Waals surface area contributed by atoms with Crippen molar-refractivity contribution >= 4 is 22.0 Å². The minimum absolute atomic E-state index is 0.0919. The minimum Gasteiger partial charge on any atom is -0.462 e. The third kappa shape index (κ3) is 3.03. The van der Waals surface area contributed by atoms with Crippen LogP contribution in [0.25, 0.3) is 0 Å². The van der Waals surface area contributed by atoms with E-state index in [2.05, 4.69) is 32.0 Å². The number of pyridine rings is 1. The maximum absolute atomic E-state index is 14.8. The molecule has 4 nitrogen and oxygen atoms in total. The van der Waals surface area contributed by atoms with Crippen molar-refractivity contribution in [3.8, 4) is 0 Å². The number of aromatic nitrogens is 1. The molecule has 2 aliphatic carbocycles. The fourth-order valence-corrected chi connectivity index (χ4v) is 5.19. The molecule has 2 heterocycles. The molecule has 1 aromatic carbocycles. The van der Waals surface area contributed by atoms with E-state index in [1.54, 1.807) is 12.3 Å². The number of ether oxygens (including phenoxy) is 1. The van der Waals surface area contributed by atoms with Gasteiger partial charge >= 0.3 is 0 Å². The first kappa shape index (κ1) is 18.9. The second-order valence-corrected chi connectivity index (χ2v) is 8.94. The Labute approximate surface area is 174 Å². The molecule has 0 radical (unpaired) electrons. The maximum Gasteiger partial charge on any atom is 0.283 e. The van der Waals surface area contributed by atoms with Crippen molar-refractivity contribution in [2.75, 3.05) is 0 Å². The highest BCUT2D eigenvalue weighted by atomic mass is 79.9. The number of aryl methyl sites for hydroxylation is 1. The first-order chi connectivity index (χ1) is 13.9. The quantitative estimate of drug-likeness (QED) is 0.725. The Morgan fingerprint density at radius 1 is 1.31 bits per heavy atom. The first-order valence-corrected chi connectivity index (χ1v) is 10.4. The van der Waals surface area contributed by atoms with Gasteiger partial charge in [0.1, 0.15) is 11.9 Å². The normalized spacial score (nSPS) is 29.8. The smallest absolute Gasteiger partial charge is 0.283 e. The molecule has 0 bridgehead atoms. The zero-order chi connectivity index (χ0) is 20.3. The summed E-state index contributed by atoms with van der Waals surface area (Å²) >= 11 is 3.44. The van der Waals surface area contributed by atoms with Gasteiger partial charge in [0.25, 0.3) is 12.4 Å². The van der Waals surface area contributed by atoms with Crippen molar-refractivity contribution in [1.29, 1.82) is 0 Å². The fourth-order valence-electron chi connectivity index (χ4n) is 4.82. The molecule has 4 atom stereocenters. The van der Waals surface area contributed by atoms with Crippen LogP contribution in [0.5, 0.6) is 0 Å². The summed E-state index contributed by atoms with van der Waals surface area (Å²) in [5.41, 5.74) is 6.59. The maximum atomic E-state index is 14.8. The standard InChI is InChI=1S/C21H19BrF3N3O/c22-13-7-12-3-2-11(18(12)27-9-13)5-10-1-4-16(23)14(6-10)21(19(24)25)15-8-17(15)29-20(26)28-21/h1,4,6-7,9,11,15,17,19H,2-3,5,8H2,(H2,26,28)/t11-,15+,17-,21-/m1/s1. The number of nitrogens with zero attached hydrogens (tertiary/aromatic N) is 2. The van der Waals surface area contributed by atoms with Crippen LogP contribution in [0, 0.1) is 11.7 Å². The van der Waals surface area contributed by atoms with Gasteiger partial charge in [-0.1, -0.05) is 12.1 Å². The molecule has 1 saturated carbocycles. The Kier molecular flexibility index (Phi) is 4.38. The first-order valence-electron chi connectivity index (χ1n) is 9.62. The summed E-state index contributed by atoms with van der Waals surface area (Å²) in [6.07, 6.45) is 1.32. The Morgan fingerprint density at radius 2 is 2.14 bits per heavy atom. The molecule has 8 heteroatoms. The van der Waals surface area contributed by atoms with Crippen LogP contribution in [0.15, 0.2) is 39.9 Å². The molecule has 0 amide bonds. The monoisotopic (exact) mass is 465 g/mol. The Morgan fingerprint density at radius 3 is 2.93 bits per heavy atom. The van der Waals surface area contributed by atoms with E-state index in [4.69, 9.17) is 10.5 Å². The number of benzene rings is 1. The fraction of sp³-hybridized carbons (Fsp3) is 0.429. The van der Waals surface area contributed by atoms with Crippen LogP contribution in [0.2, 0.25) is 0 Å². The van der Waals surface area contributed by atoms with Gasteiger partial charge in [0.2, 0.25) is 0 Å². The predicted molar refractivity (Wildman–Crippen MR) is 105 cm³/mol. The number of alkyl halides is 2. The highest BCUT2D eigenvalue weighted by molar-refractivity contribution is 9.10. The van der Waals surface area contributed by atoms with Gasteiger partial charge in [0, 0.05) is 33.8 Å². The lowest BCUT2D eigenvalue weighted by molar-refractivity contribution is 0.0176. The molecule has 3 aliphatic rings. The highest BCUT2D eigenvalue weighted by Gasteiger charge is 2.64. The van der Waals surface area contributed by atoms with Gasteiger partial charge in [-0.05, 0) is 64.9 Å². The molecule has 152 valence electrons. The van der Waals surface area contributed by atoms with Crippen LogP contribution in [-0.4, -0.2) is 23.5 Å². The number of fused-ring (bicyclic) bond motifs is 2. The van der Waals surface area contributed by atoms with E-state index in [1.807, 2.05) is 0 Å². The van der Waals surface area contributed by atoms with Crippen LogP contribution in [0.1, 0.15) is 41.1 Å². The SMILES string of the molecule is NC1=N[C@@](c2cc(C[C@H]3CCc4cc(Br)cnc43)ccc2F)(C(F)F)[C@H]2C[C@H]2O1. The van der Waals surface area contributed by atoms with E-state index in [9.17, 15) is 13.2 Å². The van der Waals surface area contributed by atoms with Crippen molar-refractivity contribution < 1.29 is 17.9 Å². The third-order valence-corrected chi connectivity index (χ3v) is 6.69. The molecule has 0 unspecified atom stereocenters. The van der Waals surface area contributed by atoms with Gasteiger partial charge in [-0.2, -0.15) is 0 Å². The van der Waals surface area contributed by atoms with Gasteiger partial charge in [0.15, 0.2) is 5.54 Å². The summed E-state index contributed by atoms with van der Waals surface area (Å²) in [4.78, 5) is 8.49. The Balaban J connectivity index is 1.51. The summed E-state index contributed by atoms with van der Waals surface area (Å²) in [7, 11) is 0. The average molecular weight is 466 g/mol. The summed E-state index contributed by atoms with van der Waals surface area (Å²) < 4.78 is 49.5. The van der Waals surface area contributed by atoms with E-state index >= 15 is 0 Å². The molecule has 0 saturated heterocycles. The van der Waals surface area contributed by atoms with Gasteiger partial charge in [-0.15, -0.1) is 0 Å². The summed E-state index contributed by atoms with van der Waals surface area (Å²) in [6, 6.07) is 6.23. The number of nitrogens with two attached hydrogens (primary N) is 1. The van der Waals surface area contributed by atoms with E-state index < -0.39 is 29.8 Å². The molecule has 1 aliphatic heterocycles. The Bertz CT molecular complexity index is 1010. The van der Waals surface area contributed by atoms with Gasteiger partial charge in [-0.25, -0.2) is 18.2 Å². The summed E-state index contributed by atoms with van der Waals surface area (Å²) in [5.74, 6) is -1.08. The molecule has 2 aromatic rings. The summed E-state index contributed by atoms with van der Waals surface area (Å²) in [6.45, 7) is 0. The van der Waals surface area contributed by atoms with E-state index in [0.29, 0.717) is 12.8 Å².